The first-order chi connectivity index (χ1) is 12.0. The molecule has 3 nitrogen and oxygen atoms in total. The molecule has 0 spiro atoms. The molecule has 0 radical (unpaired) electrons. The minimum Gasteiger partial charge on any atom is -0.357 e. The van der Waals surface area contributed by atoms with Gasteiger partial charge in [-0.05, 0) is 35.6 Å². The van der Waals surface area contributed by atoms with Gasteiger partial charge in [0.25, 0.3) is 0 Å². The lowest BCUT2D eigenvalue weighted by Gasteiger charge is -2.38. The summed E-state index contributed by atoms with van der Waals surface area (Å²) in [6, 6.07) is 16.2. The van der Waals surface area contributed by atoms with Crippen molar-refractivity contribution in [3.63, 3.8) is 0 Å². The second-order valence-corrected chi connectivity index (χ2v) is 7.64. The van der Waals surface area contributed by atoms with E-state index in [-0.39, 0.29) is 17.1 Å². The van der Waals surface area contributed by atoms with Crippen LogP contribution in [0.25, 0.3) is 5.70 Å². The SMILES string of the molecule is CC1(C)CC(=O)C2=C(C1)NC(c1ccccn1)=C[C@H]2c1ccccc1. The van der Waals surface area contributed by atoms with Gasteiger partial charge in [-0.2, -0.15) is 0 Å². The van der Waals surface area contributed by atoms with Crippen LogP contribution in [-0.2, 0) is 4.79 Å². The molecular formula is C22H22N2O. The Morgan fingerprint density at radius 3 is 2.52 bits per heavy atom. The lowest BCUT2D eigenvalue weighted by molar-refractivity contribution is -0.118. The molecule has 1 aromatic carbocycles. The molecule has 25 heavy (non-hydrogen) atoms. The van der Waals surface area contributed by atoms with Crippen LogP contribution in [0.1, 0.15) is 43.9 Å². The van der Waals surface area contributed by atoms with Crippen molar-refractivity contribution < 1.29 is 4.79 Å². The zero-order valence-corrected chi connectivity index (χ0v) is 14.6. The molecule has 4 rings (SSSR count). The molecule has 3 heteroatoms. The van der Waals surface area contributed by atoms with Crippen molar-refractivity contribution in [3.05, 3.63) is 83.3 Å². The van der Waals surface area contributed by atoms with Crippen LogP contribution in [0.15, 0.2) is 72.1 Å². The van der Waals surface area contributed by atoms with Crippen molar-refractivity contribution in [2.24, 2.45) is 5.41 Å². The summed E-state index contributed by atoms with van der Waals surface area (Å²) in [4.78, 5) is 17.4. The van der Waals surface area contributed by atoms with Gasteiger partial charge >= 0.3 is 0 Å². The summed E-state index contributed by atoms with van der Waals surface area (Å²) in [5.74, 6) is 0.238. The Bertz CT molecular complexity index is 863. The standard InChI is InChI=1S/C22H22N2O/c1-22(2)13-19-21(20(25)14-22)16(15-8-4-3-5-9-15)12-18(24-19)17-10-6-7-11-23-17/h3-12,16,24H,13-14H2,1-2H3/t16-/m0/s1. The van der Waals surface area contributed by atoms with Gasteiger partial charge in [0.05, 0.1) is 11.4 Å². The minimum absolute atomic E-state index is 0.0157. The molecule has 1 aromatic heterocycles. The number of allylic oxidation sites excluding steroid dienone is 3. The van der Waals surface area contributed by atoms with Crippen LogP contribution in [0.2, 0.25) is 0 Å². The summed E-state index contributed by atoms with van der Waals surface area (Å²) in [7, 11) is 0. The second-order valence-electron chi connectivity index (χ2n) is 7.64. The molecule has 2 heterocycles. The van der Waals surface area contributed by atoms with Crippen LogP contribution >= 0.6 is 0 Å². The van der Waals surface area contributed by atoms with E-state index in [1.807, 2.05) is 36.4 Å². The molecule has 1 aliphatic heterocycles. The zero-order valence-electron chi connectivity index (χ0n) is 14.6. The highest BCUT2D eigenvalue weighted by atomic mass is 16.1. The Balaban J connectivity index is 1.84. The summed E-state index contributed by atoms with van der Waals surface area (Å²) < 4.78 is 0. The predicted octanol–water partition coefficient (Wildman–Crippen LogP) is 4.45. The number of aromatic nitrogens is 1. The van der Waals surface area contributed by atoms with E-state index in [1.54, 1.807) is 6.20 Å². The third-order valence-electron chi connectivity index (χ3n) is 4.95. The molecule has 1 aliphatic carbocycles. The maximum Gasteiger partial charge on any atom is 0.162 e. The summed E-state index contributed by atoms with van der Waals surface area (Å²) >= 11 is 0. The molecular weight excluding hydrogens is 308 g/mol. The van der Waals surface area contributed by atoms with Crippen molar-refractivity contribution in [1.29, 1.82) is 0 Å². The van der Waals surface area contributed by atoms with Crippen LogP contribution in [0.5, 0.6) is 0 Å². The molecule has 1 N–H and O–H groups in total. The molecule has 0 amide bonds. The molecule has 0 saturated carbocycles. The van der Waals surface area contributed by atoms with Gasteiger partial charge in [0.15, 0.2) is 5.78 Å². The average Bonchev–Trinajstić information content (AvgIpc) is 2.61. The van der Waals surface area contributed by atoms with Crippen molar-refractivity contribution in [3.8, 4) is 0 Å². The van der Waals surface area contributed by atoms with Crippen molar-refractivity contribution in [1.82, 2.24) is 10.3 Å². The van der Waals surface area contributed by atoms with Gasteiger partial charge in [0.1, 0.15) is 0 Å². The third-order valence-corrected chi connectivity index (χ3v) is 4.95. The molecule has 0 unspecified atom stereocenters. The van der Waals surface area contributed by atoms with Crippen molar-refractivity contribution in [2.75, 3.05) is 0 Å². The van der Waals surface area contributed by atoms with E-state index in [0.717, 1.165) is 34.6 Å². The smallest absolute Gasteiger partial charge is 0.162 e. The molecule has 0 fully saturated rings. The lowest BCUT2D eigenvalue weighted by atomic mass is 9.70. The quantitative estimate of drug-likeness (QED) is 0.884. The summed E-state index contributed by atoms with van der Waals surface area (Å²) in [6.45, 7) is 4.32. The van der Waals surface area contributed by atoms with E-state index >= 15 is 0 Å². The van der Waals surface area contributed by atoms with E-state index in [1.165, 1.54) is 0 Å². The van der Waals surface area contributed by atoms with Crippen molar-refractivity contribution in [2.45, 2.75) is 32.6 Å². The zero-order chi connectivity index (χ0) is 17.4. The normalized spacial score (nSPS) is 22.1. The van der Waals surface area contributed by atoms with Crippen LogP contribution in [0.3, 0.4) is 0 Å². The Hall–Kier alpha value is -2.68. The second kappa shape index (κ2) is 5.99. The fourth-order valence-electron chi connectivity index (χ4n) is 3.86. The summed E-state index contributed by atoms with van der Waals surface area (Å²) in [5.41, 5.74) is 5.00. The fraction of sp³-hybridized carbons (Fsp3) is 0.273. The van der Waals surface area contributed by atoms with Crippen LogP contribution < -0.4 is 5.32 Å². The lowest BCUT2D eigenvalue weighted by Crippen LogP contribution is -2.35. The van der Waals surface area contributed by atoms with E-state index < -0.39 is 0 Å². The number of dihydropyridines is 1. The highest BCUT2D eigenvalue weighted by Crippen LogP contribution is 2.44. The first kappa shape index (κ1) is 15.8. The number of carbonyl (C=O) groups is 1. The van der Waals surface area contributed by atoms with Crippen LogP contribution in [0.4, 0.5) is 0 Å². The van der Waals surface area contributed by atoms with Crippen LogP contribution in [-0.4, -0.2) is 10.8 Å². The Labute approximate surface area is 148 Å². The van der Waals surface area contributed by atoms with Gasteiger partial charge in [0.2, 0.25) is 0 Å². The number of Topliss-reactive ketones (excluding diaryl/α,β-unsaturated/α-hetero) is 1. The Morgan fingerprint density at radius 1 is 1.04 bits per heavy atom. The van der Waals surface area contributed by atoms with Crippen LogP contribution in [0, 0.1) is 5.41 Å². The minimum atomic E-state index is -0.0171. The molecule has 2 aliphatic rings. The number of pyridine rings is 1. The molecule has 0 bridgehead atoms. The Kier molecular flexibility index (Phi) is 3.79. The van der Waals surface area contributed by atoms with E-state index in [2.05, 4.69) is 42.4 Å². The van der Waals surface area contributed by atoms with Gasteiger partial charge in [0, 0.05) is 29.8 Å². The van der Waals surface area contributed by atoms with Gasteiger partial charge in [-0.25, -0.2) is 0 Å². The molecule has 126 valence electrons. The largest absolute Gasteiger partial charge is 0.357 e. The number of carbonyl (C=O) groups excluding carboxylic acids is 1. The fourth-order valence-corrected chi connectivity index (χ4v) is 3.86. The maximum atomic E-state index is 12.9. The van der Waals surface area contributed by atoms with E-state index in [4.69, 9.17) is 0 Å². The van der Waals surface area contributed by atoms with Gasteiger partial charge in [-0.1, -0.05) is 50.2 Å². The number of hydrogen-bond donors (Lipinski definition) is 1. The highest BCUT2D eigenvalue weighted by Gasteiger charge is 2.38. The van der Waals surface area contributed by atoms with Gasteiger partial charge in [-0.3, -0.25) is 9.78 Å². The number of nitrogens with zero attached hydrogens (tertiary/aromatic N) is 1. The number of hydrogen-bond acceptors (Lipinski definition) is 3. The van der Waals surface area contributed by atoms with Gasteiger partial charge in [-0.15, -0.1) is 0 Å². The summed E-state index contributed by atoms with van der Waals surface area (Å²) in [5, 5.41) is 3.51. The van der Waals surface area contributed by atoms with Crippen molar-refractivity contribution >= 4 is 11.5 Å². The first-order valence-corrected chi connectivity index (χ1v) is 8.75. The number of benzene rings is 1. The Morgan fingerprint density at radius 2 is 1.80 bits per heavy atom. The highest BCUT2D eigenvalue weighted by molar-refractivity contribution is 6.00. The molecule has 0 saturated heterocycles. The molecule has 1 atom stereocenters. The number of ketones is 1. The average molecular weight is 330 g/mol. The summed E-state index contributed by atoms with van der Waals surface area (Å²) in [6.07, 6.45) is 5.42. The van der Waals surface area contributed by atoms with Gasteiger partial charge < -0.3 is 5.32 Å². The van der Waals surface area contributed by atoms with E-state index in [0.29, 0.717) is 6.42 Å². The monoisotopic (exact) mass is 330 g/mol. The topological polar surface area (TPSA) is 42.0 Å². The predicted molar refractivity (Wildman–Crippen MR) is 99.6 cm³/mol. The third kappa shape index (κ3) is 3.02. The first-order valence-electron chi connectivity index (χ1n) is 8.75. The molecule has 2 aromatic rings. The maximum absolute atomic E-state index is 12.9. The number of rotatable bonds is 2. The van der Waals surface area contributed by atoms with E-state index in [9.17, 15) is 4.79 Å². The number of nitrogens with one attached hydrogen (secondary N) is 1.